The quantitative estimate of drug-likeness (QED) is 0.767. The normalized spacial score (nSPS) is 11.4. The van der Waals surface area contributed by atoms with Crippen molar-refractivity contribution in [1.82, 2.24) is 14.5 Å². The van der Waals surface area contributed by atoms with E-state index in [4.69, 9.17) is 5.11 Å². The molecule has 1 heterocycles. The number of carbonyl (C=O) groups is 1. The fourth-order valence-corrected chi connectivity index (χ4v) is 1.94. The maximum atomic E-state index is 10.5. The zero-order valence-electron chi connectivity index (χ0n) is 11.5. The third-order valence-corrected chi connectivity index (χ3v) is 3.12. The Hall–Kier alpha value is -1.36. The number of imidazole rings is 1. The topological polar surface area (TPSA) is 58.4 Å². The van der Waals surface area contributed by atoms with Crippen LogP contribution in [0.3, 0.4) is 0 Å². The standard InChI is InChI=1S/C13H23N3O2/c1-11(2)15(7-4-5-13(17)18)9-10-16-8-6-14-12(16)3/h6,8,11H,4-5,7,9-10H2,1-3H3,(H,17,18). The number of rotatable bonds is 8. The number of nitrogens with zero attached hydrogens (tertiary/aromatic N) is 3. The van der Waals surface area contributed by atoms with Gasteiger partial charge in [-0.2, -0.15) is 0 Å². The lowest BCUT2D eigenvalue weighted by Crippen LogP contribution is -2.35. The molecule has 0 bridgehead atoms. The average molecular weight is 253 g/mol. The molecule has 0 saturated carbocycles. The molecule has 0 spiro atoms. The van der Waals surface area contributed by atoms with Crippen LogP contribution in [0.4, 0.5) is 0 Å². The fourth-order valence-electron chi connectivity index (χ4n) is 1.94. The van der Waals surface area contributed by atoms with Gasteiger partial charge in [-0.3, -0.25) is 9.69 Å². The molecule has 0 fully saturated rings. The van der Waals surface area contributed by atoms with E-state index in [-0.39, 0.29) is 6.42 Å². The van der Waals surface area contributed by atoms with Crippen molar-refractivity contribution in [3.63, 3.8) is 0 Å². The summed E-state index contributed by atoms with van der Waals surface area (Å²) in [6.45, 7) is 8.93. The molecule has 0 aliphatic rings. The first-order valence-corrected chi connectivity index (χ1v) is 6.44. The van der Waals surface area contributed by atoms with Crippen LogP contribution >= 0.6 is 0 Å². The second kappa shape index (κ2) is 7.16. The number of aliphatic carboxylic acids is 1. The molecule has 1 N–H and O–H groups in total. The first-order valence-electron chi connectivity index (χ1n) is 6.44. The van der Waals surface area contributed by atoms with Gasteiger partial charge in [0.25, 0.3) is 0 Å². The van der Waals surface area contributed by atoms with Crippen molar-refractivity contribution < 1.29 is 9.90 Å². The van der Waals surface area contributed by atoms with Crippen LogP contribution in [0.1, 0.15) is 32.5 Å². The molecule has 0 radical (unpaired) electrons. The van der Waals surface area contributed by atoms with Gasteiger partial charge in [-0.05, 0) is 33.7 Å². The van der Waals surface area contributed by atoms with Gasteiger partial charge in [0.2, 0.25) is 0 Å². The molecule has 1 aromatic heterocycles. The monoisotopic (exact) mass is 253 g/mol. The van der Waals surface area contributed by atoms with Gasteiger partial charge in [-0.15, -0.1) is 0 Å². The Labute approximate surface area is 108 Å². The third kappa shape index (κ3) is 4.87. The number of carboxylic acid groups (broad SMARTS) is 1. The molecule has 0 aliphatic carbocycles. The van der Waals surface area contributed by atoms with Gasteiger partial charge in [0.15, 0.2) is 0 Å². The number of hydrogen-bond donors (Lipinski definition) is 1. The van der Waals surface area contributed by atoms with E-state index in [2.05, 4.69) is 28.3 Å². The summed E-state index contributed by atoms with van der Waals surface area (Å²) >= 11 is 0. The minimum Gasteiger partial charge on any atom is -0.481 e. The highest BCUT2D eigenvalue weighted by molar-refractivity contribution is 5.66. The van der Waals surface area contributed by atoms with Gasteiger partial charge in [0, 0.05) is 37.9 Å². The van der Waals surface area contributed by atoms with Crippen LogP contribution in [0.15, 0.2) is 12.4 Å². The Morgan fingerprint density at radius 1 is 1.50 bits per heavy atom. The lowest BCUT2D eigenvalue weighted by Gasteiger charge is -2.26. The van der Waals surface area contributed by atoms with Gasteiger partial charge in [0.05, 0.1) is 0 Å². The third-order valence-electron chi connectivity index (χ3n) is 3.12. The molecule has 0 saturated heterocycles. The predicted octanol–water partition coefficient (Wildman–Crippen LogP) is 1.77. The SMILES string of the molecule is Cc1nccn1CCN(CCCC(=O)O)C(C)C. The van der Waals surface area contributed by atoms with E-state index in [1.54, 1.807) is 6.20 Å². The summed E-state index contributed by atoms with van der Waals surface area (Å²) in [4.78, 5) is 17.0. The number of hydrogen-bond acceptors (Lipinski definition) is 3. The van der Waals surface area contributed by atoms with Crippen molar-refractivity contribution >= 4 is 5.97 Å². The Morgan fingerprint density at radius 3 is 2.72 bits per heavy atom. The molecule has 18 heavy (non-hydrogen) atoms. The average Bonchev–Trinajstić information content (AvgIpc) is 2.68. The molecular formula is C13H23N3O2. The fraction of sp³-hybridized carbons (Fsp3) is 0.692. The van der Waals surface area contributed by atoms with Crippen molar-refractivity contribution in [2.45, 2.75) is 46.2 Å². The zero-order chi connectivity index (χ0) is 13.5. The Bertz CT molecular complexity index is 374. The van der Waals surface area contributed by atoms with Crippen LogP contribution in [0.5, 0.6) is 0 Å². The highest BCUT2D eigenvalue weighted by atomic mass is 16.4. The molecule has 1 rings (SSSR count). The molecule has 0 aliphatic heterocycles. The van der Waals surface area contributed by atoms with Gasteiger partial charge in [-0.1, -0.05) is 0 Å². The maximum absolute atomic E-state index is 10.5. The summed E-state index contributed by atoms with van der Waals surface area (Å²) in [6.07, 6.45) is 4.73. The Balaban J connectivity index is 2.38. The number of aryl methyl sites for hydroxylation is 1. The van der Waals surface area contributed by atoms with Crippen LogP contribution in [-0.4, -0.2) is 44.7 Å². The van der Waals surface area contributed by atoms with Crippen LogP contribution in [0.2, 0.25) is 0 Å². The van der Waals surface area contributed by atoms with E-state index >= 15 is 0 Å². The van der Waals surface area contributed by atoms with E-state index in [1.807, 2.05) is 13.1 Å². The van der Waals surface area contributed by atoms with Crippen LogP contribution in [-0.2, 0) is 11.3 Å². The molecule has 0 atom stereocenters. The first-order chi connectivity index (χ1) is 8.50. The van der Waals surface area contributed by atoms with Crippen LogP contribution in [0, 0.1) is 6.92 Å². The molecule has 1 aromatic rings. The summed E-state index contributed by atoms with van der Waals surface area (Å²) in [6, 6.07) is 0.433. The highest BCUT2D eigenvalue weighted by Gasteiger charge is 2.10. The molecule has 0 amide bonds. The minimum atomic E-state index is -0.718. The van der Waals surface area contributed by atoms with E-state index < -0.39 is 5.97 Å². The Kier molecular flexibility index (Phi) is 5.85. The van der Waals surface area contributed by atoms with Crippen molar-refractivity contribution in [3.05, 3.63) is 18.2 Å². The number of aromatic nitrogens is 2. The highest BCUT2D eigenvalue weighted by Crippen LogP contribution is 2.04. The van der Waals surface area contributed by atoms with E-state index in [0.717, 1.165) is 25.5 Å². The van der Waals surface area contributed by atoms with Crippen molar-refractivity contribution in [2.24, 2.45) is 0 Å². The van der Waals surface area contributed by atoms with Gasteiger partial charge >= 0.3 is 5.97 Å². The predicted molar refractivity (Wildman–Crippen MR) is 70.5 cm³/mol. The van der Waals surface area contributed by atoms with Gasteiger partial charge < -0.3 is 9.67 Å². The summed E-state index contributed by atoms with van der Waals surface area (Å²) < 4.78 is 2.12. The second-order valence-corrected chi connectivity index (χ2v) is 4.79. The molecule has 102 valence electrons. The van der Waals surface area contributed by atoms with Crippen molar-refractivity contribution in [3.8, 4) is 0 Å². The summed E-state index contributed by atoms with van der Waals surface area (Å²) in [7, 11) is 0. The van der Waals surface area contributed by atoms with E-state index in [9.17, 15) is 4.79 Å². The van der Waals surface area contributed by atoms with Crippen LogP contribution in [0.25, 0.3) is 0 Å². The van der Waals surface area contributed by atoms with E-state index in [1.165, 1.54) is 0 Å². The molecule has 5 heteroatoms. The van der Waals surface area contributed by atoms with Gasteiger partial charge in [0.1, 0.15) is 5.82 Å². The Morgan fingerprint density at radius 2 is 2.22 bits per heavy atom. The maximum Gasteiger partial charge on any atom is 0.303 e. The lowest BCUT2D eigenvalue weighted by molar-refractivity contribution is -0.137. The summed E-state index contributed by atoms with van der Waals surface area (Å²) in [5, 5.41) is 8.65. The molecule has 0 aromatic carbocycles. The zero-order valence-corrected chi connectivity index (χ0v) is 11.5. The smallest absolute Gasteiger partial charge is 0.303 e. The first kappa shape index (κ1) is 14.7. The lowest BCUT2D eigenvalue weighted by atomic mass is 10.2. The molecule has 5 nitrogen and oxygen atoms in total. The van der Waals surface area contributed by atoms with Crippen molar-refractivity contribution in [1.29, 1.82) is 0 Å². The second-order valence-electron chi connectivity index (χ2n) is 4.79. The van der Waals surface area contributed by atoms with Gasteiger partial charge in [-0.25, -0.2) is 4.98 Å². The van der Waals surface area contributed by atoms with Crippen LogP contribution < -0.4 is 0 Å². The summed E-state index contributed by atoms with van der Waals surface area (Å²) in [5.74, 6) is 0.299. The minimum absolute atomic E-state index is 0.243. The summed E-state index contributed by atoms with van der Waals surface area (Å²) in [5.41, 5.74) is 0. The van der Waals surface area contributed by atoms with E-state index in [0.29, 0.717) is 12.5 Å². The molecule has 0 unspecified atom stereocenters. The largest absolute Gasteiger partial charge is 0.481 e. The molecular weight excluding hydrogens is 230 g/mol. The van der Waals surface area contributed by atoms with Crippen molar-refractivity contribution in [2.75, 3.05) is 13.1 Å². The number of carboxylic acids is 1.